The Balaban J connectivity index is 2.65. The van der Waals surface area contributed by atoms with Gasteiger partial charge in [-0.1, -0.05) is 0 Å². The molecule has 0 aliphatic carbocycles. The molecule has 1 unspecified atom stereocenters. The van der Waals surface area contributed by atoms with Gasteiger partial charge in [0.1, 0.15) is 17.7 Å². The van der Waals surface area contributed by atoms with Gasteiger partial charge in [-0.25, -0.2) is 8.78 Å². The van der Waals surface area contributed by atoms with Crippen LogP contribution in [-0.2, 0) is 0 Å². The summed E-state index contributed by atoms with van der Waals surface area (Å²) in [4.78, 5) is 0.227. The number of nitrogens with one attached hydrogen (secondary N) is 1. The zero-order valence-electron chi connectivity index (χ0n) is 8.13. The molecule has 1 rings (SSSR count). The lowest BCUT2D eigenvalue weighted by atomic mass is 10.3. The molecular weight excluding hydrogens is 218 g/mol. The van der Waals surface area contributed by atoms with E-state index in [2.05, 4.69) is 5.32 Å². The third kappa shape index (κ3) is 3.50. The van der Waals surface area contributed by atoms with Crippen molar-refractivity contribution < 1.29 is 8.78 Å². The standard InChI is InChI=1S/C10H10F2N2S/c1-14-8(5-13)6-15-10-4-7(11)2-3-9(10)12/h2-4,8,14H,6H2,1H3. The Hall–Kier alpha value is -1.12. The predicted octanol–water partition coefficient (Wildman–Crippen LogP) is 2.17. The highest BCUT2D eigenvalue weighted by Gasteiger charge is 2.08. The Kier molecular flexibility index (Phi) is 4.53. The van der Waals surface area contributed by atoms with Crippen molar-refractivity contribution in [2.45, 2.75) is 10.9 Å². The quantitative estimate of drug-likeness (QED) is 0.802. The van der Waals surface area contributed by atoms with Crippen LogP contribution in [0.5, 0.6) is 0 Å². The summed E-state index contributed by atoms with van der Waals surface area (Å²) in [5, 5.41) is 11.4. The van der Waals surface area contributed by atoms with Crippen molar-refractivity contribution >= 4 is 11.8 Å². The first-order valence-corrected chi connectivity index (χ1v) is 5.30. The highest BCUT2D eigenvalue weighted by Crippen LogP contribution is 2.23. The molecule has 0 aromatic heterocycles. The fraction of sp³-hybridized carbons (Fsp3) is 0.300. The zero-order chi connectivity index (χ0) is 11.3. The number of thioether (sulfide) groups is 1. The molecule has 15 heavy (non-hydrogen) atoms. The van der Waals surface area contributed by atoms with Crippen LogP contribution in [0.2, 0.25) is 0 Å². The summed E-state index contributed by atoms with van der Waals surface area (Å²) in [6, 6.07) is 4.92. The largest absolute Gasteiger partial charge is 0.304 e. The van der Waals surface area contributed by atoms with E-state index in [4.69, 9.17) is 5.26 Å². The van der Waals surface area contributed by atoms with Gasteiger partial charge >= 0.3 is 0 Å². The van der Waals surface area contributed by atoms with E-state index in [-0.39, 0.29) is 10.9 Å². The first-order chi connectivity index (χ1) is 7.17. The van der Waals surface area contributed by atoms with E-state index >= 15 is 0 Å². The van der Waals surface area contributed by atoms with E-state index in [1.807, 2.05) is 6.07 Å². The van der Waals surface area contributed by atoms with Gasteiger partial charge in [-0.15, -0.1) is 11.8 Å². The number of hydrogen-bond donors (Lipinski definition) is 1. The fourth-order valence-electron chi connectivity index (χ4n) is 0.946. The van der Waals surface area contributed by atoms with Gasteiger partial charge in [0.15, 0.2) is 0 Å². The fourth-order valence-corrected chi connectivity index (χ4v) is 1.94. The molecule has 0 amide bonds. The van der Waals surface area contributed by atoms with Gasteiger partial charge in [-0.05, 0) is 25.2 Å². The molecule has 2 nitrogen and oxygen atoms in total. The summed E-state index contributed by atoms with van der Waals surface area (Å²) in [7, 11) is 1.65. The number of nitriles is 1. The summed E-state index contributed by atoms with van der Waals surface area (Å²) in [6.07, 6.45) is 0. The molecule has 1 aromatic carbocycles. The molecule has 1 aromatic rings. The smallest absolute Gasteiger partial charge is 0.136 e. The molecule has 80 valence electrons. The van der Waals surface area contributed by atoms with Gasteiger partial charge in [-0.3, -0.25) is 0 Å². The van der Waals surface area contributed by atoms with Crippen LogP contribution in [-0.4, -0.2) is 18.8 Å². The number of halogens is 2. The van der Waals surface area contributed by atoms with Gasteiger partial charge in [-0.2, -0.15) is 5.26 Å². The van der Waals surface area contributed by atoms with E-state index in [1.165, 1.54) is 0 Å². The molecular formula is C10H10F2N2S. The van der Waals surface area contributed by atoms with E-state index in [9.17, 15) is 8.78 Å². The highest BCUT2D eigenvalue weighted by atomic mass is 32.2. The van der Waals surface area contributed by atoms with Crippen LogP contribution in [0.25, 0.3) is 0 Å². The van der Waals surface area contributed by atoms with Crippen LogP contribution >= 0.6 is 11.8 Å². The van der Waals surface area contributed by atoms with Crippen LogP contribution in [0.4, 0.5) is 8.78 Å². The highest BCUT2D eigenvalue weighted by molar-refractivity contribution is 7.99. The van der Waals surface area contributed by atoms with Crippen molar-refractivity contribution in [3.8, 4) is 6.07 Å². The normalized spacial score (nSPS) is 12.1. The number of rotatable bonds is 4. The minimum Gasteiger partial charge on any atom is -0.304 e. The van der Waals surface area contributed by atoms with Crippen LogP contribution in [0, 0.1) is 23.0 Å². The Bertz CT molecular complexity index is 376. The summed E-state index contributed by atoms with van der Waals surface area (Å²) in [5.41, 5.74) is 0. The molecule has 0 saturated heterocycles. The van der Waals surface area contributed by atoms with Crippen LogP contribution in [0.1, 0.15) is 0 Å². The third-order valence-corrected chi connectivity index (χ3v) is 2.93. The van der Waals surface area contributed by atoms with Gasteiger partial charge in [0.2, 0.25) is 0 Å². The Morgan fingerprint density at radius 2 is 2.27 bits per heavy atom. The molecule has 0 bridgehead atoms. The average Bonchev–Trinajstić information content (AvgIpc) is 2.24. The van der Waals surface area contributed by atoms with E-state index in [0.29, 0.717) is 5.75 Å². The van der Waals surface area contributed by atoms with Crippen LogP contribution in [0.3, 0.4) is 0 Å². The van der Waals surface area contributed by atoms with Gasteiger partial charge < -0.3 is 5.32 Å². The minimum absolute atomic E-state index is 0.227. The molecule has 0 aliphatic rings. The molecule has 1 atom stereocenters. The second kappa shape index (κ2) is 5.69. The number of hydrogen-bond acceptors (Lipinski definition) is 3. The first kappa shape index (κ1) is 12.0. The van der Waals surface area contributed by atoms with Crippen molar-refractivity contribution in [3.05, 3.63) is 29.8 Å². The van der Waals surface area contributed by atoms with Gasteiger partial charge in [0, 0.05) is 10.6 Å². The van der Waals surface area contributed by atoms with Crippen molar-refractivity contribution in [2.24, 2.45) is 0 Å². The summed E-state index contributed by atoms with van der Waals surface area (Å²) < 4.78 is 25.9. The SMILES string of the molecule is CNC(C#N)CSc1cc(F)ccc1F. The van der Waals surface area contributed by atoms with Gasteiger partial charge in [0.05, 0.1) is 6.07 Å². The Labute approximate surface area is 91.3 Å². The molecule has 0 fully saturated rings. The van der Waals surface area contributed by atoms with Crippen LogP contribution < -0.4 is 5.32 Å². The second-order valence-electron chi connectivity index (χ2n) is 2.86. The first-order valence-electron chi connectivity index (χ1n) is 4.32. The minimum atomic E-state index is -0.475. The zero-order valence-corrected chi connectivity index (χ0v) is 8.94. The van der Waals surface area contributed by atoms with Crippen molar-refractivity contribution in [1.82, 2.24) is 5.32 Å². The third-order valence-electron chi connectivity index (χ3n) is 1.80. The monoisotopic (exact) mass is 228 g/mol. The van der Waals surface area contributed by atoms with Crippen molar-refractivity contribution in [3.63, 3.8) is 0 Å². The number of nitrogens with zero attached hydrogens (tertiary/aromatic N) is 1. The Morgan fingerprint density at radius 1 is 1.53 bits per heavy atom. The lowest BCUT2D eigenvalue weighted by molar-refractivity contribution is 0.577. The molecule has 0 saturated carbocycles. The topological polar surface area (TPSA) is 35.8 Å². The average molecular weight is 228 g/mol. The van der Waals surface area contributed by atoms with E-state index in [0.717, 1.165) is 30.0 Å². The maximum Gasteiger partial charge on any atom is 0.136 e. The predicted molar refractivity (Wildman–Crippen MR) is 55.5 cm³/mol. The molecule has 5 heteroatoms. The maximum absolute atomic E-state index is 13.1. The lowest BCUT2D eigenvalue weighted by Gasteiger charge is -2.07. The summed E-state index contributed by atoms with van der Waals surface area (Å²) in [5.74, 6) is -0.557. The summed E-state index contributed by atoms with van der Waals surface area (Å²) in [6.45, 7) is 0. The lowest BCUT2D eigenvalue weighted by Crippen LogP contribution is -2.25. The second-order valence-corrected chi connectivity index (χ2v) is 3.92. The molecule has 1 N–H and O–H groups in total. The number of benzene rings is 1. The molecule has 0 heterocycles. The van der Waals surface area contributed by atoms with E-state index < -0.39 is 11.6 Å². The maximum atomic E-state index is 13.1. The molecule has 0 aliphatic heterocycles. The van der Waals surface area contributed by atoms with Gasteiger partial charge in [0.25, 0.3) is 0 Å². The Morgan fingerprint density at radius 3 is 2.87 bits per heavy atom. The van der Waals surface area contributed by atoms with Crippen LogP contribution in [0.15, 0.2) is 23.1 Å². The van der Waals surface area contributed by atoms with Crippen molar-refractivity contribution in [2.75, 3.05) is 12.8 Å². The molecule has 0 spiro atoms. The molecule has 0 radical (unpaired) electrons. The summed E-state index contributed by atoms with van der Waals surface area (Å²) >= 11 is 1.12. The van der Waals surface area contributed by atoms with Crippen molar-refractivity contribution in [1.29, 1.82) is 5.26 Å². The van der Waals surface area contributed by atoms with E-state index in [1.54, 1.807) is 7.05 Å².